The second kappa shape index (κ2) is 4.14. The summed E-state index contributed by atoms with van der Waals surface area (Å²) in [6.45, 7) is 5.52. The molecule has 0 aliphatic carbocycles. The molecule has 4 unspecified atom stereocenters. The first-order valence-corrected chi connectivity index (χ1v) is 5.62. The predicted octanol–water partition coefficient (Wildman–Crippen LogP) is -0.622. The van der Waals surface area contributed by atoms with Crippen LogP contribution in [-0.4, -0.2) is 43.8 Å². The number of nitrogens with zero attached hydrogens (tertiary/aromatic N) is 1. The van der Waals surface area contributed by atoms with Crippen LogP contribution < -0.4 is 16.5 Å². The average Bonchev–Trinajstić information content (AvgIpc) is 2.46. The van der Waals surface area contributed by atoms with Crippen LogP contribution in [0.15, 0.2) is 0 Å². The molecule has 2 fully saturated rings. The lowest BCUT2D eigenvalue weighted by Crippen LogP contribution is -2.50. The third kappa shape index (κ3) is 1.93. The summed E-state index contributed by atoms with van der Waals surface area (Å²) in [4.78, 5) is 0. The Morgan fingerprint density at radius 2 is 2.14 bits per heavy atom. The highest BCUT2D eigenvalue weighted by atomic mass is 15.5. The summed E-state index contributed by atoms with van der Waals surface area (Å²) in [5.41, 5.74) is 9.60. The van der Waals surface area contributed by atoms with Gasteiger partial charge in [-0.3, -0.25) is 5.43 Å². The lowest BCUT2D eigenvalue weighted by Gasteiger charge is -2.34. The van der Waals surface area contributed by atoms with Crippen LogP contribution in [0.25, 0.3) is 0 Å². The molecule has 4 heteroatoms. The fourth-order valence-electron chi connectivity index (χ4n) is 2.91. The Labute approximate surface area is 86.2 Å². The molecule has 0 radical (unpaired) electrons. The van der Waals surface area contributed by atoms with Gasteiger partial charge >= 0.3 is 0 Å². The molecular weight excluding hydrogens is 176 g/mol. The van der Waals surface area contributed by atoms with Crippen molar-refractivity contribution < 1.29 is 0 Å². The van der Waals surface area contributed by atoms with Crippen molar-refractivity contribution in [1.29, 1.82) is 0 Å². The summed E-state index contributed by atoms with van der Waals surface area (Å²) < 4.78 is 0. The summed E-state index contributed by atoms with van der Waals surface area (Å²) in [6, 6.07) is 0.915. The largest absolute Gasteiger partial charge is 0.326 e. The van der Waals surface area contributed by atoms with Crippen LogP contribution in [0.1, 0.15) is 13.3 Å². The Morgan fingerprint density at radius 3 is 2.71 bits per heavy atom. The van der Waals surface area contributed by atoms with E-state index in [-0.39, 0.29) is 0 Å². The van der Waals surface area contributed by atoms with Crippen LogP contribution in [0.2, 0.25) is 0 Å². The molecule has 0 amide bonds. The van der Waals surface area contributed by atoms with Crippen molar-refractivity contribution in [3.05, 3.63) is 0 Å². The Bertz CT molecular complexity index is 193. The van der Waals surface area contributed by atoms with E-state index < -0.39 is 0 Å². The molecule has 4 atom stereocenters. The number of hydrogen-bond acceptors (Lipinski definition) is 4. The Kier molecular flexibility index (Phi) is 3.07. The van der Waals surface area contributed by atoms with Crippen molar-refractivity contribution >= 4 is 0 Å². The summed E-state index contributed by atoms with van der Waals surface area (Å²) in [6.07, 6.45) is 1.23. The zero-order chi connectivity index (χ0) is 10.1. The number of hydrazine groups is 1. The van der Waals surface area contributed by atoms with Crippen molar-refractivity contribution in [3.63, 3.8) is 0 Å². The Morgan fingerprint density at radius 1 is 1.36 bits per heavy atom. The van der Waals surface area contributed by atoms with Crippen molar-refractivity contribution in [3.8, 4) is 0 Å². The molecule has 2 rings (SSSR count). The molecule has 2 heterocycles. The van der Waals surface area contributed by atoms with Gasteiger partial charge in [-0.1, -0.05) is 0 Å². The van der Waals surface area contributed by atoms with Gasteiger partial charge in [0.1, 0.15) is 0 Å². The van der Waals surface area contributed by atoms with Crippen molar-refractivity contribution in [2.24, 2.45) is 17.6 Å². The van der Waals surface area contributed by atoms with Crippen molar-refractivity contribution in [1.82, 2.24) is 15.8 Å². The first kappa shape index (κ1) is 10.4. The molecule has 4 nitrogen and oxygen atoms in total. The van der Waals surface area contributed by atoms with E-state index in [0.29, 0.717) is 18.0 Å². The molecule has 0 aromatic carbocycles. The van der Waals surface area contributed by atoms with E-state index in [1.54, 1.807) is 0 Å². The molecule has 82 valence electrons. The zero-order valence-electron chi connectivity index (χ0n) is 9.16. The maximum atomic E-state index is 6.16. The lowest BCUT2D eigenvalue weighted by molar-refractivity contribution is 0.219. The van der Waals surface area contributed by atoms with Crippen LogP contribution in [0, 0.1) is 11.8 Å². The van der Waals surface area contributed by atoms with E-state index in [1.807, 2.05) is 0 Å². The molecule has 0 saturated carbocycles. The molecule has 0 bridgehead atoms. The number of rotatable bonds is 1. The lowest BCUT2D eigenvalue weighted by atomic mass is 9.79. The van der Waals surface area contributed by atoms with E-state index in [0.717, 1.165) is 25.6 Å². The van der Waals surface area contributed by atoms with Gasteiger partial charge in [0.25, 0.3) is 0 Å². The van der Waals surface area contributed by atoms with E-state index >= 15 is 0 Å². The van der Waals surface area contributed by atoms with Crippen LogP contribution in [-0.2, 0) is 0 Å². The SMILES string of the molecule is CC1NN(C)CC1C1CCNCC1N. The second-order valence-corrected chi connectivity index (χ2v) is 4.78. The van der Waals surface area contributed by atoms with Gasteiger partial charge in [-0.2, -0.15) is 0 Å². The highest BCUT2D eigenvalue weighted by Crippen LogP contribution is 2.27. The number of nitrogens with two attached hydrogens (primary N) is 1. The highest BCUT2D eigenvalue weighted by molar-refractivity contribution is 4.92. The predicted molar refractivity (Wildman–Crippen MR) is 57.7 cm³/mol. The van der Waals surface area contributed by atoms with Crippen molar-refractivity contribution in [2.45, 2.75) is 25.4 Å². The summed E-state index contributed by atoms with van der Waals surface area (Å²) >= 11 is 0. The van der Waals surface area contributed by atoms with E-state index in [1.165, 1.54) is 6.42 Å². The molecule has 2 saturated heterocycles. The molecule has 4 N–H and O–H groups in total. The quantitative estimate of drug-likeness (QED) is 0.525. The van der Waals surface area contributed by atoms with Crippen LogP contribution in [0.3, 0.4) is 0 Å². The maximum Gasteiger partial charge on any atom is 0.0231 e. The van der Waals surface area contributed by atoms with E-state index in [2.05, 4.69) is 29.7 Å². The molecule has 0 aromatic rings. The van der Waals surface area contributed by atoms with Gasteiger partial charge in [0.05, 0.1) is 0 Å². The number of nitrogens with one attached hydrogen (secondary N) is 2. The van der Waals surface area contributed by atoms with Gasteiger partial charge in [0.15, 0.2) is 0 Å². The average molecular weight is 198 g/mol. The van der Waals surface area contributed by atoms with E-state index in [9.17, 15) is 0 Å². The fraction of sp³-hybridized carbons (Fsp3) is 1.00. The number of hydrogen-bond donors (Lipinski definition) is 3. The molecule has 2 aliphatic rings. The Hall–Kier alpha value is -0.160. The standard InChI is InChI=1S/C10H22N4/c1-7-9(6-14(2)13-7)8-3-4-12-5-10(8)11/h7-10,12-13H,3-6,11H2,1-2H3. The zero-order valence-corrected chi connectivity index (χ0v) is 9.16. The molecule has 14 heavy (non-hydrogen) atoms. The molecule has 2 aliphatic heterocycles. The Balaban J connectivity index is 1.99. The first-order chi connectivity index (χ1) is 6.68. The second-order valence-electron chi connectivity index (χ2n) is 4.78. The summed E-state index contributed by atoms with van der Waals surface area (Å²) in [7, 11) is 2.11. The number of piperidine rings is 1. The van der Waals surface area contributed by atoms with Gasteiger partial charge in [-0.15, -0.1) is 0 Å². The summed E-state index contributed by atoms with van der Waals surface area (Å²) in [5.74, 6) is 1.40. The van der Waals surface area contributed by atoms with Gasteiger partial charge in [0.2, 0.25) is 0 Å². The first-order valence-electron chi connectivity index (χ1n) is 5.62. The minimum absolute atomic E-state index is 0.337. The topological polar surface area (TPSA) is 53.3 Å². The monoisotopic (exact) mass is 198 g/mol. The van der Waals surface area contributed by atoms with Gasteiger partial charge in [-0.05, 0) is 31.7 Å². The van der Waals surface area contributed by atoms with Gasteiger partial charge in [-0.25, -0.2) is 5.01 Å². The van der Waals surface area contributed by atoms with E-state index in [4.69, 9.17) is 5.73 Å². The molecule has 0 spiro atoms. The normalized spacial score (nSPS) is 45.6. The minimum Gasteiger partial charge on any atom is -0.326 e. The summed E-state index contributed by atoms with van der Waals surface area (Å²) in [5, 5.41) is 5.55. The fourth-order valence-corrected chi connectivity index (χ4v) is 2.91. The van der Waals surface area contributed by atoms with Crippen LogP contribution in [0.4, 0.5) is 0 Å². The maximum absolute atomic E-state index is 6.16. The van der Waals surface area contributed by atoms with Gasteiger partial charge < -0.3 is 11.1 Å². The van der Waals surface area contributed by atoms with Gasteiger partial charge in [0, 0.05) is 32.2 Å². The third-order valence-corrected chi connectivity index (χ3v) is 3.69. The van der Waals surface area contributed by atoms with Crippen molar-refractivity contribution in [2.75, 3.05) is 26.7 Å². The smallest absolute Gasteiger partial charge is 0.0231 e. The third-order valence-electron chi connectivity index (χ3n) is 3.69. The highest BCUT2D eigenvalue weighted by Gasteiger charge is 2.37. The molecular formula is C10H22N4. The van der Waals surface area contributed by atoms with Crippen LogP contribution >= 0.6 is 0 Å². The minimum atomic E-state index is 0.337. The van der Waals surface area contributed by atoms with Crippen LogP contribution in [0.5, 0.6) is 0 Å². The molecule has 0 aromatic heterocycles.